The normalized spacial score (nSPS) is 12.1. The molecule has 0 spiro atoms. The summed E-state index contributed by atoms with van der Waals surface area (Å²) in [6.07, 6.45) is 0.941. The van der Waals surface area contributed by atoms with Crippen LogP contribution in [-0.4, -0.2) is 47.1 Å². The summed E-state index contributed by atoms with van der Waals surface area (Å²) in [7, 11) is -0.723. The Morgan fingerprint density at radius 2 is 2.00 bits per heavy atom. The number of thiocarbonyl (C=S) groups is 1. The topological polar surface area (TPSA) is 50.4 Å². The van der Waals surface area contributed by atoms with Crippen molar-refractivity contribution < 1.29 is 8.95 Å². The van der Waals surface area contributed by atoms with Gasteiger partial charge in [0.25, 0.3) is 0 Å². The van der Waals surface area contributed by atoms with Gasteiger partial charge in [-0.15, -0.1) is 0 Å². The number of rotatable bonds is 9. The van der Waals surface area contributed by atoms with Crippen molar-refractivity contribution >= 4 is 28.1 Å². The summed E-state index contributed by atoms with van der Waals surface area (Å²) in [5.41, 5.74) is 0. The molecule has 16 heavy (non-hydrogen) atoms. The van der Waals surface area contributed by atoms with E-state index in [0.717, 1.165) is 26.2 Å². The first-order valence-electron chi connectivity index (χ1n) is 5.65. The van der Waals surface area contributed by atoms with Gasteiger partial charge in [0.2, 0.25) is 0 Å². The first-order valence-corrected chi connectivity index (χ1v) is 7.54. The Labute approximate surface area is 106 Å². The van der Waals surface area contributed by atoms with Gasteiger partial charge in [-0.25, -0.2) is 0 Å². The first kappa shape index (κ1) is 15.8. The maximum absolute atomic E-state index is 11.1. The van der Waals surface area contributed by atoms with Crippen LogP contribution in [0.5, 0.6) is 0 Å². The van der Waals surface area contributed by atoms with Gasteiger partial charge in [-0.05, 0) is 25.6 Å². The molecule has 0 aliphatic heterocycles. The van der Waals surface area contributed by atoms with Gasteiger partial charge in [-0.1, -0.05) is 6.92 Å². The van der Waals surface area contributed by atoms with E-state index in [9.17, 15) is 4.21 Å². The third-order valence-electron chi connectivity index (χ3n) is 1.89. The SMILES string of the molecule is CCOCCCNC(=S)NCCS(=O)CC. The zero-order valence-corrected chi connectivity index (χ0v) is 11.7. The van der Waals surface area contributed by atoms with Crippen LogP contribution in [0.25, 0.3) is 0 Å². The molecular weight excluding hydrogens is 244 g/mol. The Kier molecular flexibility index (Phi) is 11.1. The third-order valence-corrected chi connectivity index (χ3v) is 3.48. The van der Waals surface area contributed by atoms with Crippen LogP contribution in [0.15, 0.2) is 0 Å². The van der Waals surface area contributed by atoms with E-state index >= 15 is 0 Å². The van der Waals surface area contributed by atoms with E-state index in [1.807, 2.05) is 13.8 Å². The molecule has 6 heteroatoms. The predicted molar refractivity (Wildman–Crippen MR) is 73.3 cm³/mol. The summed E-state index contributed by atoms with van der Waals surface area (Å²) >= 11 is 5.06. The van der Waals surface area contributed by atoms with Crippen LogP contribution in [-0.2, 0) is 15.5 Å². The van der Waals surface area contributed by atoms with Crippen LogP contribution in [0, 0.1) is 0 Å². The number of nitrogens with one attached hydrogen (secondary N) is 2. The largest absolute Gasteiger partial charge is 0.382 e. The quantitative estimate of drug-likeness (QED) is 0.474. The molecule has 0 aromatic carbocycles. The van der Waals surface area contributed by atoms with Crippen molar-refractivity contribution in [2.24, 2.45) is 0 Å². The van der Waals surface area contributed by atoms with Crippen LogP contribution in [0.3, 0.4) is 0 Å². The van der Waals surface area contributed by atoms with Crippen molar-refractivity contribution in [1.29, 1.82) is 0 Å². The van der Waals surface area contributed by atoms with Crippen molar-refractivity contribution in [2.45, 2.75) is 20.3 Å². The molecule has 0 rings (SSSR count). The highest BCUT2D eigenvalue weighted by Gasteiger charge is 1.97. The van der Waals surface area contributed by atoms with Crippen molar-refractivity contribution in [3.8, 4) is 0 Å². The lowest BCUT2D eigenvalue weighted by Gasteiger charge is -2.09. The molecule has 0 saturated heterocycles. The molecule has 0 heterocycles. The van der Waals surface area contributed by atoms with Gasteiger partial charge in [0, 0.05) is 48.6 Å². The van der Waals surface area contributed by atoms with Gasteiger partial charge in [0.1, 0.15) is 0 Å². The summed E-state index contributed by atoms with van der Waals surface area (Å²) < 4.78 is 16.3. The Morgan fingerprint density at radius 3 is 2.62 bits per heavy atom. The predicted octanol–water partition coefficient (Wildman–Crippen LogP) is 0.646. The molecule has 0 fully saturated rings. The highest BCUT2D eigenvalue weighted by Crippen LogP contribution is 1.81. The summed E-state index contributed by atoms with van der Waals surface area (Å²) in [6.45, 7) is 6.88. The molecule has 1 unspecified atom stereocenters. The molecule has 0 amide bonds. The monoisotopic (exact) mass is 266 g/mol. The van der Waals surface area contributed by atoms with Crippen LogP contribution < -0.4 is 10.6 Å². The van der Waals surface area contributed by atoms with Crippen LogP contribution in [0.2, 0.25) is 0 Å². The zero-order chi connectivity index (χ0) is 12.2. The van der Waals surface area contributed by atoms with E-state index in [2.05, 4.69) is 10.6 Å². The van der Waals surface area contributed by atoms with Crippen molar-refractivity contribution in [3.63, 3.8) is 0 Å². The lowest BCUT2D eigenvalue weighted by Crippen LogP contribution is -2.38. The van der Waals surface area contributed by atoms with Gasteiger partial charge >= 0.3 is 0 Å². The fraction of sp³-hybridized carbons (Fsp3) is 0.900. The van der Waals surface area contributed by atoms with E-state index in [0.29, 0.717) is 23.2 Å². The average molecular weight is 266 g/mol. The molecule has 2 N–H and O–H groups in total. The molecule has 4 nitrogen and oxygen atoms in total. The molecule has 0 saturated carbocycles. The minimum absolute atomic E-state index is 0.629. The number of hydrogen-bond acceptors (Lipinski definition) is 3. The van der Waals surface area contributed by atoms with Gasteiger partial charge in [0.15, 0.2) is 5.11 Å². The van der Waals surface area contributed by atoms with Crippen molar-refractivity contribution in [2.75, 3.05) is 37.8 Å². The van der Waals surface area contributed by atoms with Crippen molar-refractivity contribution in [1.82, 2.24) is 10.6 Å². The van der Waals surface area contributed by atoms with E-state index < -0.39 is 10.8 Å². The lowest BCUT2D eigenvalue weighted by atomic mass is 10.4. The Hall–Kier alpha value is -0.200. The van der Waals surface area contributed by atoms with Crippen LogP contribution >= 0.6 is 12.2 Å². The molecule has 0 radical (unpaired) electrons. The van der Waals surface area contributed by atoms with Gasteiger partial charge in [0.05, 0.1) is 0 Å². The van der Waals surface area contributed by atoms with E-state index in [4.69, 9.17) is 17.0 Å². The van der Waals surface area contributed by atoms with Crippen molar-refractivity contribution in [3.05, 3.63) is 0 Å². The Morgan fingerprint density at radius 1 is 1.31 bits per heavy atom. The highest BCUT2D eigenvalue weighted by atomic mass is 32.2. The maximum Gasteiger partial charge on any atom is 0.166 e. The van der Waals surface area contributed by atoms with E-state index in [-0.39, 0.29) is 0 Å². The fourth-order valence-corrected chi connectivity index (χ4v) is 1.83. The summed E-state index contributed by atoms with van der Waals surface area (Å²) in [5.74, 6) is 1.35. The second kappa shape index (κ2) is 11.3. The maximum atomic E-state index is 11.1. The Balaban J connectivity index is 3.28. The highest BCUT2D eigenvalue weighted by molar-refractivity contribution is 7.84. The van der Waals surface area contributed by atoms with E-state index in [1.54, 1.807) is 0 Å². The van der Waals surface area contributed by atoms with Gasteiger partial charge < -0.3 is 15.4 Å². The molecule has 0 bridgehead atoms. The minimum atomic E-state index is -0.723. The van der Waals surface area contributed by atoms with Crippen LogP contribution in [0.4, 0.5) is 0 Å². The molecule has 0 aromatic rings. The molecular formula is C10H22N2O2S2. The summed E-state index contributed by atoms with van der Waals surface area (Å²) in [6, 6.07) is 0. The smallest absolute Gasteiger partial charge is 0.166 e. The molecule has 0 aliphatic rings. The minimum Gasteiger partial charge on any atom is -0.382 e. The zero-order valence-electron chi connectivity index (χ0n) is 10.1. The van der Waals surface area contributed by atoms with Gasteiger partial charge in [-0.2, -0.15) is 0 Å². The lowest BCUT2D eigenvalue weighted by molar-refractivity contribution is 0.146. The molecule has 0 aromatic heterocycles. The number of hydrogen-bond donors (Lipinski definition) is 2. The van der Waals surface area contributed by atoms with Gasteiger partial charge in [-0.3, -0.25) is 4.21 Å². The summed E-state index contributed by atoms with van der Waals surface area (Å²) in [5, 5.41) is 6.73. The second-order valence-corrected chi connectivity index (χ2v) is 5.44. The molecule has 1 atom stereocenters. The standard InChI is InChI=1S/C10H22N2O2S2/c1-3-14-8-5-6-11-10(15)12-7-9-16(13)4-2/h3-9H2,1-2H3,(H2,11,12,15). The number of ether oxygens (including phenoxy) is 1. The molecule has 0 aliphatic carbocycles. The first-order chi connectivity index (χ1) is 7.70. The fourth-order valence-electron chi connectivity index (χ4n) is 1.01. The second-order valence-electron chi connectivity index (χ2n) is 3.17. The average Bonchev–Trinajstić information content (AvgIpc) is 2.28. The molecule has 96 valence electrons. The van der Waals surface area contributed by atoms with Crippen LogP contribution in [0.1, 0.15) is 20.3 Å². The third kappa shape index (κ3) is 10.3. The summed E-state index contributed by atoms with van der Waals surface area (Å²) in [4.78, 5) is 0. The van der Waals surface area contributed by atoms with E-state index in [1.165, 1.54) is 0 Å². The Bertz CT molecular complexity index is 213.